The molecule has 0 radical (unpaired) electrons. The van der Waals surface area contributed by atoms with Gasteiger partial charge in [0.2, 0.25) is 0 Å². The van der Waals surface area contributed by atoms with E-state index in [0.717, 1.165) is 18.7 Å². The van der Waals surface area contributed by atoms with Gasteiger partial charge in [-0.2, -0.15) is 13.2 Å². The van der Waals surface area contributed by atoms with Crippen molar-refractivity contribution in [2.75, 3.05) is 6.54 Å². The molecule has 0 spiro atoms. The Balaban J connectivity index is 2.66. The van der Waals surface area contributed by atoms with Crippen LogP contribution in [0.5, 0.6) is 0 Å². The van der Waals surface area contributed by atoms with Crippen molar-refractivity contribution >= 4 is 0 Å². The number of alkyl halides is 3. The number of benzene rings is 1. The first kappa shape index (κ1) is 16.0. The lowest BCUT2D eigenvalue weighted by Crippen LogP contribution is -2.24. The van der Waals surface area contributed by atoms with Crippen molar-refractivity contribution in [3.63, 3.8) is 0 Å². The number of nitrogens with one attached hydrogen (secondary N) is 1. The van der Waals surface area contributed by atoms with Gasteiger partial charge in [-0.1, -0.05) is 26.8 Å². The molecule has 0 bridgehead atoms. The minimum Gasteiger partial charge on any atom is -0.312 e. The highest BCUT2D eigenvalue weighted by Gasteiger charge is 2.34. The molecule has 0 aliphatic carbocycles. The average molecular weight is 277 g/mol. The monoisotopic (exact) mass is 277 g/mol. The molecular weight excluding hydrogens is 258 g/mol. The largest absolute Gasteiger partial charge is 0.419 e. The third kappa shape index (κ3) is 4.82. The lowest BCUT2D eigenvalue weighted by atomic mass is 9.98. The van der Waals surface area contributed by atoms with E-state index < -0.39 is 17.6 Å². The van der Waals surface area contributed by atoms with Gasteiger partial charge in [0, 0.05) is 6.54 Å². The van der Waals surface area contributed by atoms with E-state index in [1.54, 1.807) is 0 Å². The zero-order valence-electron chi connectivity index (χ0n) is 11.3. The summed E-state index contributed by atoms with van der Waals surface area (Å²) in [5.41, 5.74) is -0.770. The maximum absolute atomic E-state index is 13.1. The first-order chi connectivity index (χ1) is 8.71. The Bertz CT molecular complexity index is 412. The van der Waals surface area contributed by atoms with Gasteiger partial charge in [-0.25, -0.2) is 4.39 Å². The van der Waals surface area contributed by atoms with Gasteiger partial charge in [0.1, 0.15) is 5.82 Å². The van der Waals surface area contributed by atoms with Crippen LogP contribution in [0.1, 0.15) is 31.9 Å². The van der Waals surface area contributed by atoms with Gasteiger partial charge >= 0.3 is 6.18 Å². The molecule has 1 unspecified atom stereocenters. The van der Waals surface area contributed by atoms with Gasteiger partial charge in [0.05, 0.1) is 5.56 Å². The minimum absolute atomic E-state index is 0.306. The van der Waals surface area contributed by atoms with E-state index in [-0.39, 0.29) is 0 Å². The standard InChI is InChI=1S/C14H19F4N/c1-9(2)10(3)7-19-8-11-4-5-13(15)12(6-11)14(16,17)18/h4-6,9-10,19H,7-8H2,1-3H3. The van der Waals surface area contributed by atoms with Crippen molar-refractivity contribution in [2.24, 2.45) is 11.8 Å². The maximum atomic E-state index is 13.1. The molecule has 0 fully saturated rings. The summed E-state index contributed by atoms with van der Waals surface area (Å²) >= 11 is 0. The van der Waals surface area contributed by atoms with E-state index >= 15 is 0 Å². The summed E-state index contributed by atoms with van der Waals surface area (Å²) in [5.74, 6) is -0.291. The van der Waals surface area contributed by atoms with Crippen LogP contribution in [0.3, 0.4) is 0 Å². The Morgan fingerprint density at radius 2 is 1.79 bits per heavy atom. The molecular formula is C14H19F4N. The molecule has 1 N–H and O–H groups in total. The van der Waals surface area contributed by atoms with Gasteiger partial charge in [0.25, 0.3) is 0 Å². The first-order valence-electron chi connectivity index (χ1n) is 6.28. The molecule has 0 amide bonds. The summed E-state index contributed by atoms with van der Waals surface area (Å²) in [7, 11) is 0. The van der Waals surface area contributed by atoms with Crippen LogP contribution in [-0.4, -0.2) is 6.54 Å². The van der Waals surface area contributed by atoms with E-state index in [9.17, 15) is 17.6 Å². The van der Waals surface area contributed by atoms with Crippen molar-refractivity contribution in [1.29, 1.82) is 0 Å². The zero-order chi connectivity index (χ0) is 14.6. The molecule has 1 aromatic carbocycles. The Hall–Kier alpha value is -1.10. The zero-order valence-corrected chi connectivity index (χ0v) is 11.3. The Morgan fingerprint density at radius 1 is 1.16 bits per heavy atom. The fourth-order valence-electron chi connectivity index (χ4n) is 1.58. The number of rotatable bonds is 5. The lowest BCUT2D eigenvalue weighted by molar-refractivity contribution is -0.140. The SMILES string of the molecule is CC(C)C(C)CNCc1ccc(F)c(C(F)(F)F)c1. The highest BCUT2D eigenvalue weighted by Crippen LogP contribution is 2.31. The van der Waals surface area contributed by atoms with Gasteiger partial charge in [-0.3, -0.25) is 0 Å². The van der Waals surface area contributed by atoms with Crippen LogP contribution in [0.15, 0.2) is 18.2 Å². The van der Waals surface area contributed by atoms with Crippen LogP contribution in [0.4, 0.5) is 17.6 Å². The summed E-state index contributed by atoms with van der Waals surface area (Å²) in [6.45, 7) is 7.28. The second-order valence-electron chi connectivity index (χ2n) is 5.16. The van der Waals surface area contributed by atoms with E-state index in [4.69, 9.17) is 0 Å². The second-order valence-corrected chi connectivity index (χ2v) is 5.16. The highest BCUT2D eigenvalue weighted by molar-refractivity contribution is 5.27. The molecule has 19 heavy (non-hydrogen) atoms. The Kier molecular flexibility index (Phi) is 5.35. The van der Waals surface area contributed by atoms with E-state index in [1.807, 2.05) is 0 Å². The van der Waals surface area contributed by atoms with Gasteiger partial charge in [-0.05, 0) is 36.1 Å². The average Bonchev–Trinajstić information content (AvgIpc) is 2.29. The van der Waals surface area contributed by atoms with Crippen molar-refractivity contribution in [3.05, 3.63) is 35.1 Å². The molecule has 0 aliphatic rings. The fourth-order valence-corrected chi connectivity index (χ4v) is 1.58. The van der Waals surface area contributed by atoms with Crippen molar-refractivity contribution in [1.82, 2.24) is 5.32 Å². The smallest absolute Gasteiger partial charge is 0.312 e. The minimum atomic E-state index is -4.65. The van der Waals surface area contributed by atoms with Crippen molar-refractivity contribution < 1.29 is 17.6 Å². The highest BCUT2D eigenvalue weighted by atomic mass is 19.4. The molecule has 1 nitrogen and oxygen atoms in total. The number of hydrogen-bond acceptors (Lipinski definition) is 1. The van der Waals surface area contributed by atoms with Crippen LogP contribution in [-0.2, 0) is 12.7 Å². The summed E-state index contributed by atoms with van der Waals surface area (Å²) in [5, 5.41) is 3.09. The Labute approximate surface area is 111 Å². The van der Waals surface area contributed by atoms with E-state index in [2.05, 4.69) is 26.1 Å². The number of hydrogen-bond donors (Lipinski definition) is 1. The molecule has 0 aromatic heterocycles. The fraction of sp³-hybridized carbons (Fsp3) is 0.571. The van der Waals surface area contributed by atoms with Crippen LogP contribution in [0, 0.1) is 17.7 Å². The molecule has 1 atom stereocenters. The summed E-state index contributed by atoms with van der Waals surface area (Å²) in [4.78, 5) is 0. The summed E-state index contributed by atoms with van der Waals surface area (Å²) in [6, 6.07) is 3.10. The first-order valence-corrected chi connectivity index (χ1v) is 6.28. The molecule has 0 saturated carbocycles. The normalized spacial score (nSPS) is 13.9. The van der Waals surface area contributed by atoms with Crippen molar-refractivity contribution in [3.8, 4) is 0 Å². The van der Waals surface area contributed by atoms with Crippen molar-refractivity contribution in [2.45, 2.75) is 33.5 Å². The Morgan fingerprint density at radius 3 is 2.32 bits per heavy atom. The van der Waals surface area contributed by atoms with Crippen LogP contribution >= 0.6 is 0 Å². The molecule has 5 heteroatoms. The quantitative estimate of drug-likeness (QED) is 0.794. The summed E-state index contributed by atoms with van der Waals surface area (Å²) < 4.78 is 50.7. The lowest BCUT2D eigenvalue weighted by Gasteiger charge is -2.16. The topological polar surface area (TPSA) is 12.0 Å². The van der Waals surface area contributed by atoms with Crippen LogP contribution in [0.25, 0.3) is 0 Å². The third-order valence-corrected chi connectivity index (χ3v) is 3.27. The van der Waals surface area contributed by atoms with Gasteiger partial charge in [0.15, 0.2) is 0 Å². The number of halogens is 4. The predicted molar refractivity (Wildman–Crippen MR) is 67.1 cm³/mol. The summed E-state index contributed by atoms with van der Waals surface area (Å²) in [6.07, 6.45) is -4.65. The van der Waals surface area contributed by atoms with Gasteiger partial charge < -0.3 is 5.32 Å². The predicted octanol–water partition coefficient (Wildman–Crippen LogP) is 4.23. The second kappa shape index (κ2) is 6.37. The molecule has 108 valence electrons. The molecule has 0 saturated heterocycles. The third-order valence-electron chi connectivity index (χ3n) is 3.27. The van der Waals surface area contributed by atoms with E-state index in [1.165, 1.54) is 6.07 Å². The molecule has 0 aliphatic heterocycles. The molecule has 1 aromatic rings. The van der Waals surface area contributed by atoms with Crippen LogP contribution < -0.4 is 5.32 Å². The molecule has 0 heterocycles. The maximum Gasteiger partial charge on any atom is 0.419 e. The van der Waals surface area contributed by atoms with Gasteiger partial charge in [-0.15, -0.1) is 0 Å². The molecule has 1 rings (SSSR count). The van der Waals surface area contributed by atoms with Crippen LogP contribution in [0.2, 0.25) is 0 Å². The van der Waals surface area contributed by atoms with E-state index in [0.29, 0.717) is 23.9 Å².